The molecule has 0 bridgehead atoms. The highest BCUT2D eigenvalue weighted by atomic mass is 32.2. The minimum Gasteiger partial charge on any atom is -0.484 e. The van der Waals surface area contributed by atoms with Crippen LogP contribution in [0.25, 0.3) is 0 Å². The number of benzene rings is 4. The largest absolute Gasteiger partial charge is 0.484 e. The fraction of sp³-hybridized carbons (Fsp3) is 0.574. The number of urea groups is 1. The van der Waals surface area contributed by atoms with E-state index in [1.165, 1.54) is 16.7 Å². The van der Waals surface area contributed by atoms with Gasteiger partial charge in [0.1, 0.15) is 29.5 Å². The monoisotopic (exact) mass is 1170 g/mol. The summed E-state index contributed by atoms with van der Waals surface area (Å²) in [6.07, 6.45) is 9.82. The second kappa shape index (κ2) is 32.3. The lowest BCUT2D eigenvalue weighted by Crippen LogP contribution is -2.49. The van der Waals surface area contributed by atoms with Crippen LogP contribution in [0.5, 0.6) is 11.5 Å². The van der Waals surface area contributed by atoms with Gasteiger partial charge in [0.15, 0.2) is 9.84 Å². The second-order valence-electron chi connectivity index (χ2n) is 21.9. The summed E-state index contributed by atoms with van der Waals surface area (Å²) >= 11 is 0. The molecule has 7 N–H and O–H groups in total. The third-order valence-corrected chi connectivity index (χ3v) is 19.0. The molecular formula is C61H87N7O12S2. The first-order valence-corrected chi connectivity index (χ1v) is 32.7. The van der Waals surface area contributed by atoms with Crippen LogP contribution in [0.3, 0.4) is 0 Å². The Morgan fingerprint density at radius 1 is 0.524 bits per heavy atom. The van der Waals surface area contributed by atoms with Gasteiger partial charge in [0.25, 0.3) is 0 Å². The highest BCUT2D eigenvalue weighted by molar-refractivity contribution is 7.91. The normalized spacial score (nSPS) is 21.2. The molecule has 2 aliphatic heterocycles. The average molecular weight is 1170 g/mol. The number of sulfonamides is 1. The topological polar surface area (TPSA) is 252 Å². The van der Waals surface area contributed by atoms with Gasteiger partial charge in [0.2, 0.25) is 10.0 Å². The summed E-state index contributed by atoms with van der Waals surface area (Å²) in [5.74, 6) is 1.37. The number of carbonyl (C=O) groups excluding carboxylic acids is 2. The van der Waals surface area contributed by atoms with E-state index in [9.17, 15) is 26.4 Å². The molecule has 6 atom stereocenters. The molecule has 2 heterocycles. The maximum Gasteiger partial charge on any atom is 0.314 e. The Morgan fingerprint density at radius 3 is 1.57 bits per heavy atom. The van der Waals surface area contributed by atoms with Crippen molar-refractivity contribution < 1.29 is 54.8 Å². The van der Waals surface area contributed by atoms with Crippen LogP contribution in [0.4, 0.5) is 4.79 Å². The highest BCUT2D eigenvalue weighted by Crippen LogP contribution is 2.41. The van der Waals surface area contributed by atoms with Gasteiger partial charge in [0, 0.05) is 70.9 Å². The number of nitrogens with one attached hydrogen (secondary N) is 3. The van der Waals surface area contributed by atoms with Crippen LogP contribution >= 0.6 is 0 Å². The number of nitrogens with two attached hydrogens (primary N) is 2. The van der Waals surface area contributed by atoms with Crippen LogP contribution in [0, 0.1) is 0 Å². The molecule has 82 heavy (non-hydrogen) atoms. The number of hydrogen-bond donors (Lipinski definition) is 5. The van der Waals surface area contributed by atoms with Crippen molar-refractivity contribution in [2.75, 3.05) is 104 Å². The van der Waals surface area contributed by atoms with Crippen LogP contribution < -0.4 is 36.3 Å². The zero-order valence-corrected chi connectivity index (χ0v) is 49.1. The van der Waals surface area contributed by atoms with E-state index in [1.807, 2.05) is 12.1 Å². The fourth-order valence-corrected chi connectivity index (χ4v) is 13.8. The minimum absolute atomic E-state index is 0.0428. The van der Waals surface area contributed by atoms with Crippen molar-refractivity contribution in [1.82, 2.24) is 25.2 Å². The van der Waals surface area contributed by atoms with E-state index in [0.717, 1.165) is 89.5 Å². The number of hydrogen-bond acceptors (Lipinski definition) is 16. The van der Waals surface area contributed by atoms with Crippen LogP contribution in [0.1, 0.15) is 105 Å². The molecule has 2 fully saturated rings. The average Bonchev–Trinajstić information content (AvgIpc) is 3.87. The van der Waals surface area contributed by atoms with Gasteiger partial charge in [-0.15, -0.1) is 0 Å². The number of piperidine rings is 2. The van der Waals surface area contributed by atoms with Crippen molar-refractivity contribution in [1.29, 1.82) is 0 Å². The third-order valence-electron chi connectivity index (χ3n) is 15.7. The molecule has 2 saturated heterocycles. The number of unbranched alkanes of at least 4 members (excludes halogenated alkanes) is 2. The Balaban J connectivity index is 0.569. The number of fused-ring (bicyclic) bond motifs is 2. The van der Waals surface area contributed by atoms with Crippen LogP contribution in [0.15, 0.2) is 107 Å². The van der Waals surface area contributed by atoms with Crippen molar-refractivity contribution in [2.45, 2.75) is 130 Å². The number of sulfone groups is 1. The summed E-state index contributed by atoms with van der Waals surface area (Å²) in [6, 6.07) is 30.3. The summed E-state index contributed by atoms with van der Waals surface area (Å²) in [7, 11) is -7.26. The highest BCUT2D eigenvalue weighted by Gasteiger charge is 2.41. The zero-order chi connectivity index (χ0) is 57.6. The van der Waals surface area contributed by atoms with Crippen LogP contribution in [-0.2, 0) is 56.4 Å². The van der Waals surface area contributed by atoms with Crippen molar-refractivity contribution >= 4 is 31.7 Å². The van der Waals surface area contributed by atoms with E-state index < -0.39 is 19.9 Å². The SMILES string of the molecule is N[C@@H]1CCCN([C@H]2Cc3ccccc3[C@@H]2Oc2ccc(S(=O)(=O)CCCOCCOCCNC(=O)NCCCCCC(=O)CCCOCCOCCNS(=O)(=O)c3ccc(O[C@H]4c5ccccc5C[C@@H]4N4CCC[C@@H](N)C4)cc3)cc2)C1. The lowest BCUT2D eigenvalue weighted by Gasteiger charge is -2.38. The molecule has 2 aliphatic carbocycles. The van der Waals surface area contributed by atoms with Gasteiger partial charge in [0.05, 0.1) is 67.3 Å². The van der Waals surface area contributed by atoms with Gasteiger partial charge in [-0.3, -0.25) is 14.6 Å². The third kappa shape index (κ3) is 19.2. The summed E-state index contributed by atoms with van der Waals surface area (Å²) in [5.41, 5.74) is 17.5. The molecule has 21 heteroatoms. The van der Waals surface area contributed by atoms with E-state index in [1.54, 1.807) is 48.5 Å². The Kier molecular flexibility index (Phi) is 24.8. The number of amides is 2. The van der Waals surface area contributed by atoms with Gasteiger partial charge in [-0.1, -0.05) is 55.0 Å². The molecule has 0 unspecified atom stereocenters. The summed E-state index contributed by atoms with van der Waals surface area (Å²) in [6.45, 7) is 7.03. The molecule has 450 valence electrons. The molecule has 19 nitrogen and oxygen atoms in total. The van der Waals surface area contributed by atoms with Crippen molar-refractivity contribution in [2.24, 2.45) is 11.5 Å². The number of nitrogens with zero attached hydrogens (tertiary/aromatic N) is 2. The summed E-state index contributed by atoms with van der Waals surface area (Å²) < 4.78 is 90.3. The van der Waals surface area contributed by atoms with Gasteiger partial charge in [-0.25, -0.2) is 26.4 Å². The van der Waals surface area contributed by atoms with E-state index in [4.69, 9.17) is 39.9 Å². The fourth-order valence-electron chi connectivity index (χ4n) is 11.5. The first kappa shape index (κ1) is 63.0. The predicted octanol–water partition coefficient (Wildman–Crippen LogP) is 6.04. The molecule has 0 radical (unpaired) electrons. The van der Waals surface area contributed by atoms with E-state index in [0.29, 0.717) is 89.9 Å². The number of Topliss-reactive ketones (excluding diaryl/α,β-unsaturated/α-hetero) is 1. The quantitative estimate of drug-likeness (QED) is 0.0329. The molecule has 2 amide bonds. The zero-order valence-electron chi connectivity index (χ0n) is 47.5. The standard InChI is InChI=1S/C61H87N7O12S2/c62-48-14-8-31-67(44-48)57-42-46-12-3-5-18-55(46)59(57)79-51-20-24-53(25-21-51)81(71,72)41-11-34-76-38-39-77-35-29-65-61(70)64-28-7-1-2-16-50(69)17-10-33-75-37-40-78-36-30-66-82(73,74)54-26-22-52(23-27-54)80-60-56-19-6-4-13-47(56)43-58(60)68-32-9-15-49(63)45-68/h3-6,12-13,18-27,48-49,57-60,66H,1-2,7-11,14-17,28-45,62-63H2,(H2,64,65,70)/t48-,49-,57+,58+,59+,60+/m1/s1. The Morgan fingerprint density at radius 2 is 1.01 bits per heavy atom. The minimum atomic E-state index is -3.75. The van der Waals surface area contributed by atoms with E-state index in [-0.39, 0.29) is 83.5 Å². The van der Waals surface area contributed by atoms with Gasteiger partial charge in [-0.05, 0) is 148 Å². The molecule has 0 saturated carbocycles. The van der Waals surface area contributed by atoms with Crippen LogP contribution in [-0.4, -0.2) is 167 Å². The number of likely N-dealkylation sites (tertiary alicyclic amines) is 2. The summed E-state index contributed by atoms with van der Waals surface area (Å²) in [4.78, 5) is 29.8. The maximum atomic E-state index is 13.1. The van der Waals surface area contributed by atoms with Gasteiger partial charge < -0.3 is 50.5 Å². The molecule has 0 spiro atoms. The molecule has 4 aliphatic rings. The van der Waals surface area contributed by atoms with E-state index in [2.05, 4.69) is 61.6 Å². The van der Waals surface area contributed by atoms with Crippen molar-refractivity contribution in [3.63, 3.8) is 0 Å². The van der Waals surface area contributed by atoms with Crippen LogP contribution in [0.2, 0.25) is 0 Å². The van der Waals surface area contributed by atoms with Crippen molar-refractivity contribution in [3.05, 3.63) is 119 Å². The summed E-state index contributed by atoms with van der Waals surface area (Å²) in [5, 5.41) is 5.58. The Labute approximate surface area is 485 Å². The van der Waals surface area contributed by atoms with Gasteiger partial charge in [-0.2, -0.15) is 0 Å². The lowest BCUT2D eigenvalue weighted by atomic mass is 10.0. The molecule has 4 aromatic carbocycles. The number of rotatable bonds is 35. The number of carbonyl (C=O) groups is 2. The molecule has 0 aromatic heterocycles. The number of ketones is 1. The predicted molar refractivity (Wildman–Crippen MR) is 314 cm³/mol. The molecule has 8 rings (SSSR count). The van der Waals surface area contributed by atoms with Crippen molar-refractivity contribution in [3.8, 4) is 11.5 Å². The first-order valence-electron chi connectivity index (χ1n) is 29.6. The van der Waals surface area contributed by atoms with Gasteiger partial charge >= 0.3 is 6.03 Å². The molecule has 4 aromatic rings. The lowest BCUT2D eigenvalue weighted by molar-refractivity contribution is -0.119. The first-order chi connectivity index (χ1) is 39.8. The number of ether oxygens (including phenoxy) is 6. The maximum absolute atomic E-state index is 13.1. The Bertz CT molecular complexity index is 2640. The smallest absolute Gasteiger partial charge is 0.314 e. The Hall–Kier alpha value is -5.04. The second-order valence-corrected chi connectivity index (χ2v) is 25.8. The van der Waals surface area contributed by atoms with E-state index >= 15 is 0 Å². The molecular weight excluding hydrogens is 1090 g/mol.